The maximum Gasteiger partial charge on any atom is 0.0162 e. The van der Waals surface area contributed by atoms with Crippen LogP contribution in [0.25, 0.3) is 0 Å². The van der Waals surface area contributed by atoms with E-state index < -0.39 is 0 Å². The number of nitrogens with one attached hydrogen (secondary N) is 1. The second-order valence-corrected chi connectivity index (χ2v) is 3.43. The Morgan fingerprint density at radius 2 is 1.92 bits per heavy atom. The highest BCUT2D eigenvalue weighted by Gasteiger charge is 1.96. The molecule has 0 aromatic heterocycles. The van der Waals surface area contributed by atoms with Gasteiger partial charge in [-0.15, -0.1) is 0 Å². The van der Waals surface area contributed by atoms with Crippen molar-refractivity contribution in [1.29, 1.82) is 0 Å². The molecule has 1 unspecified atom stereocenters. The number of hydrogen-bond donors (Lipinski definition) is 2. The summed E-state index contributed by atoms with van der Waals surface area (Å²) in [5, 5.41) is 3.37. The molecular weight excluding hydrogens is 148 g/mol. The fourth-order valence-electron chi connectivity index (χ4n) is 1.11. The molecule has 0 radical (unpaired) electrons. The molecule has 0 saturated carbocycles. The lowest BCUT2D eigenvalue weighted by Gasteiger charge is -2.09. The molecule has 3 N–H and O–H groups in total. The predicted octanol–water partition coefficient (Wildman–Crippen LogP) is 1.89. The molecule has 2 heteroatoms. The summed E-state index contributed by atoms with van der Waals surface area (Å²) >= 11 is 0. The zero-order chi connectivity index (χ0) is 9.23. The van der Waals surface area contributed by atoms with Crippen LogP contribution in [0.1, 0.15) is 46.0 Å². The van der Waals surface area contributed by atoms with Crippen LogP contribution in [0.5, 0.6) is 0 Å². The average molecular weight is 172 g/mol. The van der Waals surface area contributed by atoms with Gasteiger partial charge in [-0.05, 0) is 19.4 Å². The Labute approximate surface area is 76.9 Å². The van der Waals surface area contributed by atoms with Crippen molar-refractivity contribution in [3.05, 3.63) is 0 Å². The van der Waals surface area contributed by atoms with Crippen molar-refractivity contribution in [3.63, 3.8) is 0 Å². The quantitative estimate of drug-likeness (QED) is 0.549. The number of unbranched alkanes of at least 4 members (excludes halogenated alkanes) is 3. The molecule has 0 saturated heterocycles. The topological polar surface area (TPSA) is 38.0 Å². The van der Waals surface area contributed by atoms with E-state index in [1.165, 1.54) is 25.7 Å². The molecular formula is C10H24N2. The van der Waals surface area contributed by atoms with Gasteiger partial charge in [-0.1, -0.05) is 33.1 Å². The van der Waals surface area contributed by atoms with Gasteiger partial charge in [0, 0.05) is 12.6 Å². The highest BCUT2D eigenvalue weighted by molar-refractivity contribution is 4.61. The Bertz CT molecular complexity index is 83.9. The molecule has 2 nitrogen and oxygen atoms in total. The van der Waals surface area contributed by atoms with Crippen molar-refractivity contribution in [3.8, 4) is 0 Å². The van der Waals surface area contributed by atoms with E-state index in [0.717, 1.165) is 19.5 Å². The lowest BCUT2D eigenvalue weighted by molar-refractivity contribution is 0.539. The summed E-state index contributed by atoms with van der Waals surface area (Å²) in [6, 6.07) is 0.344. The molecule has 0 aliphatic carbocycles. The Hall–Kier alpha value is -0.0800. The van der Waals surface area contributed by atoms with Crippen LogP contribution < -0.4 is 11.1 Å². The van der Waals surface area contributed by atoms with Crippen molar-refractivity contribution in [2.75, 3.05) is 13.1 Å². The minimum atomic E-state index is 0.344. The molecule has 0 bridgehead atoms. The predicted molar refractivity (Wildman–Crippen MR) is 55.3 cm³/mol. The Morgan fingerprint density at radius 3 is 2.50 bits per heavy atom. The molecule has 0 amide bonds. The molecule has 1 atom stereocenters. The van der Waals surface area contributed by atoms with E-state index in [4.69, 9.17) is 5.73 Å². The summed E-state index contributed by atoms with van der Waals surface area (Å²) in [5.41, 5.74) is 5.75. The first kappa shape index (κ1) is 11.9. The van der Waals surface area contributed by atoms with Crippen molar-refractivity contribution in [1.82, 2.24) is 5.32 Å². The van der Waals surface area contributed by atoms with Gasteiger partial charge < -0.3 is 11.1 Å². The maximum atomic E-state index is 5.75. The van der Waals surface area contributed by atoms with Crippen LogP contribution in [0.2, 0.25) is 0 Å². The van der Waals surface area contributed by atoms with E-state index in [0.29, 0.717) is 6.04 Å². The molecule has 12 heavy (non-hydrogen) atoms. The Kier molecular flexibility index (Phi) is 8.95. The van der Waals surface area contributed by atoms with Crippen LogP contribution >= 0.6 is 0 Å². The van der Waals surface area contributed by atoms with E-state index in [9.17, 15) is 0 Å². The van der Waals surface area contributed by atoms with Gasteiger partial charge >= 0.3 is 0 Å². The lowest BCUT2D eigenvalue weighted by Crippen LogP contribution is -2.33. The number of rotatable bonds is 8. The van der Waals surface area contributed by atoms with Crippen LogP contribution in [0.4, 0.5) is 0 Å². The first-order valence-corrected chi connectivity index (χ1v) is 5.27. The van der Waals surface area contributed by atoms with Crippen molar-refractivity contribution >= 4 is 0 Å². The molecule has 0 aromatic rings. The van der Waals surface area contributed by atoms with Crippen LogP contribution in [-0.4, -0.2) is 19.1 Å². The largest absolute Gasteiger partial charge is 0.327 e. The molecule has 74 valence electrons. The molecule has 0 rings (SSSR count). The second-order valence-electron chi connectivity index (χ2n) is 3.43. The third-order valence-electron chi connectivity index (χ3n) is 2.14. The minimum Gasteiger partial charge on any atom is -0.327 e. The van der Waals surface area contributed by atoms with Gasteiger partial charge in [0.1, 0.15) is 0 Å². The molecule has 0 heterocycles. The van der Waals surface area contributed by atoms with E-state index in [1.807, 2.05) is 0 Å². The zero-order valence-corrected chi connectivity index (χ0v) is 8.60. The normalized spacial score (nSPS) is 13.2. The fraction of sp³-hybridized carbons (Fsp3) is 1.00. The molecule has 0 aliphatic heterocycles. The van der Waals surface area contributed by atoms with Crippen LogP contribution in [0, 0.1) is 0 Å². The van der Waals surface area contributed by atoms with Gasteiger partial charge in [0.15, 0.2) is 0 Å². The monoisotopic (exact) mass is 172 g/mol. The summed E-state index contributed by atoms with van der Waals surface area (Å²) in [7, 11) is 0. The van der Waals surface area contributed by atoms with E-state index in [2.05, 4.69) is 19.2 Å². The Morgan fingerprint density at radius 1 is 1.17 bits per heavy atom. The van der Waals surface area contributed by atoms with Crippen LogP contribution in [-0.2, 0) is 0 Å². The first-order chi connectivity index (χ1) is 5.81. The molecule has 0 fully saturated rings. The summed E-state index contributed by atoms with van der Waals surface area (Å²) in [5.74, 6) is 0. The van der Waals surface area contributed by atoms with Crippen molar-refractivity contribution < 1.29 is 0 Å². The zero-order valence-electron chi connectivity index (χ0n) is 8.60. The van der Waals surface area contributed by atoms with Crippen LogP contribution in [0.15, 0.2) is 0 Å². The van der Waals surface area contributed by atoms with Crippen LogP contribution in [0.3, 0.4) is 0 Å². The van der Waals surface area contributed by atoms with Gasteiger partial charge in [0.05, 0.1) is 0 Å². The highest BCUT2D eigenvalue weighted by Crippen LogP contribution is 1.96. The lowest BCUT2D eigenvalue weighted by atomic mass is 10.2. The summed E-state index contributed by atoms with van der Waals surface area (Å²) < 4.78 is 0. The summed E-state index contributed by atoms with van der Waals surface area (Å²) in [6.45, 7) is 6.47. The molecule has 0 aromatic carbocycles. The SMILES string of the molecule is CCCCCCNCC(N)CC. The highest BCUT2D eigenvalue weighted by atomic mass is 14.9. The molecule has 0 spiro atoms. The minimum absolute atomic E-state index is 0.344. The van der Waals surface area contributed by atoms with Crippen molar-refractivity contribution in [2.24, 2.45) is 5.73 Å². The fourth-order valence-corrected chi connectivity index (χ4v) is 1.11. The van der Waals surface area contributed by atoms with E-state index >= 15 is 0 Å². The van der Waals surface area contributed by atoms with E-state index in [-0.39, 0.29) is 0 Å². The van der Waals surface area contributed by atoms with Gasteiger partial charge in [-0.2, -0.15) is 0 Å². The van der Waals surface area contributed by atoms with Crippen molar-refractivity contribution in [2.45, 2.75) is 52.0 Å². The third-order valence-corrected chi connectivity index (χ3v) is 2.14. The number of hydrogen-bond acceptors (Lipinski definition) is 2. The smallest absolute Gasteiger partial charge is 0.0162 e. The third kappa shape index (κ3) is 8.02. The summed E-state index contributed by atoms with van der Waals surface area (Å²) in [6.07, 6.45) is 6.40. The van der Waals surface area contributed by atoms with Gasteiger partial charge in [-0.25, -0.2) is 0 Å². The summed E-state index contributed by atoms with van der Waals surface area (Å²) in [4.78, 5) is 0. The Balaban J connectivity index is 2.90. The average Bonchev–Trinajstić information content (AvgIpc) is 2.10. The first-order valence-electron chi connectivity index (χ1n) is 5.27. The maximum absolute atomic E-state index is 5.75. The van der Waals surface area contributed by atoms with E-state index in [1.54, 1.807) is 0 Å². The molecule has 0 aliphatic rings. The second kappa shape index (κ2) is 9.01. The van der Waals surface area contributed by atoms with Gasteiger partial charge in [-0.3, -0.25) is 0 Å². The number of nitrogens with two attached hydrogens (primary N) is 1. The van der Waals surface area contributed by atoms with Gasteiger partial charge in [0.2, 0.25) is 0 Å². The standard InChI is InChI=1S/C10H24N2/c1-3-5-6-7-8-12-9-10(11)4-2/h10,12H,3-9,11H2,1-2H3. The van der Waals surface area contributed by atoms with Gasteiger partial charge in [0.25, 0.3) is 0 Å².